The summed E-state index contributed by atoms with van der Waals surface area (Å²) >= 11 is 0. The first-order chi connectivity index (χ1) is 12.3. The van der Waals surface area contributed by atoms with E-state index in [1.165, 1.54) is 0 Å². The van der Waals surface area contributed by atoms with Crippen LogP contribution in [-0.4, -0.2) is 30.1 Å². The van der Waals surface area contributed by atoms with Gasteiger partial charge in [-0.1, -0.05) is 18.2 Å². The molecular formula is C18H15N7. The number of nitrogens with one attached hydrogen (secondary N) is 1. The van der Waals surface area contributed by atoms with Crippen molar-refractivity contribution in [3.63, 3.8) is 0 Å². The van der Waals surface area contributed by atoms with E-state index in [2.05, 4.69) is 30.1 Å². The Morgan fingerprint density at radius 1 is 0.880 bits per heavy atom. The Bertz CT molecular complexity index is 995. The highest BCUT2D eigenvalue weighted by Gasteiger charge is 2.11. The standard InChI is InChI=1S/C18H15N7/c19-8-12-3-1-4-13(7-12)17-23-18(25-24-17)16-11-21-10-15(22-16)14-5-2-6-20-9-14/h1-7,9-11H,8,19H2,(H,23,24,25). The number of H-pyrrole nitrogens is 1. The lowest BCUT2D eigenvalue weighted by Crippen LogP contribution is -1.96. The normalized spacial score (nSPS) is 10.8. The van der Waals surface area contributed by atoms with Crippen molar-refractivity contribution in [1.82, 2.24) is 30.1 Å². The summed E-state index contributed by atoms with van der Waals surface area (Å²) in [6.07, 6.45) is 6.82. The number of aromatic nitrogens is 6. The van der Waals surface area contributed by atoms with Gasteiger partial charge in [-0.2, -0.15) is 5.10 Å². The van der Waals surface area contributed by atoms with Crippen LogP contribution in [0.3, 0.4) is 0 Å². The third-order valence-electron chi connectivity index (χ3n) is 3.74. The third-order valence-corrected chi connectivity index (χ3v) is 3.74. The molecule has 0 aliphatic carbocycles. The highest BCUT2D eigenvalue weighted by Crippen LogP contribution is 2.21. The lowest BCUT2D eigenvalue weighted by Gasteiger charge is -2.01. The minimum atomic E-state index is 0.476. The number of nitrogens with zero attached hydrogens (tertiary/aromatic N) is 5. The van der Waals surface area contributed by atoms with Crippen molar-refractivity contribution in [1.29, 1.82) is 0 Å². The van der Waals surface area contributed by atoms with Gasteiger partial charge < -0.3 is 5.73 Å². The summed E-state index contributed by atoms with van der Waals surface area (Å²) in [5.74, 6) is 1.16. The van der Waals surface area contributed by atoms with Gasteiger partial charge in [-0.15, -0.1) is 0 Å². The Balaban J connectivity index is 1.68. The zero-order valence-corrected chi connectivity index (χ0v) is 13.3. The Morgan fingerprint density at radius 3 is 2.60 bits per heavy atom. The Hall–Kier alpha value is -3.45. The molecule has 0 amide bonds. The van der Waals surface area contributed by atoms with Crippen LogP contribution in [-0.2, 0) is 6.54 Å². The molecule has 4 aromatic rings. The summed E-state index contributed by atoms with van der Waals surface area (Å²) in [5.41, 5.74) is 9.87. The van der Waals surface area contributed by atoms with Gasteiger partial charge in [-0.25, -0.2) is 9.97 Å². The van der Waals surface area contributed by atoms with Crippen LogP contribution in [0, 0.1) is 0 Å². The van der Waals surface area contributed by atoms with E-state index in [-0.39, 0.29) is 0 Å². The number of aromatic amines is 1. The minimum absolute atomic E-state index is 0.476. The molecule has 25 heavy (non-hydrogen) atoms. The Morgan fingerprint density at radius 2 is 1.76 bits per heavy atom. The highest BCUT2D eigenvalue weighted by molar-refractivity contribution is 5.62. The zero-order valence-electron chi connectivity index (χ0n) is 13.3. The molecule has 1 aromatic carbocycles. The number of benzene rings is 1. The number of hydrogen-bond donors (Lipinski definition) is 2. The molecule has 0 aliphatic rings. The monoisotopic (exact) mass is 329 g/mol. The zero-order chi connectivity index (χ0) is 17.1. The van der Waals surface area contributed by atoms with E-state index in [0.29, 0.717) is 23.9 Å². The van der Waals surface area contributed by atoms with Crippen molar-refractivity contribution in [3.8, 4) is 34.2 Å². The molecule has 0 fully saturated rings. The van der Waals surface area contributed by atoms with Gasteiger partial charge in [-0.3, -0.25) is 15.1 Å². The van der Waals surface area contributed by atoms with Crippen LogP contribution in [0.15, 0.2) is 61.2 Å². The molecule has 0 aliphatic heterocycles. The first kappa shape index (κ1) is 15.1. The molecule has 7 nitrogen and oxygen atoms in total. The lowest BCUT2D eigenvalue weighted by molar-refractivity contribution is 1.06. The Kier molecular flexibility index (Phi) is 3.97. The molecule has 0 saturated heterocycles. The number of rotatable bonds is 4. The van der Waals surface area contributed by atoms with Gasteiger partial charge in [-0.05, 0) is 23.8 Å². The molecule has 3 heterocycles. The van der Waals surface area contributed by atoms with Crippen LogP contribution in [0.5, 0.6) is 0 Å². The van der Waals surface area contributed by atoms with Gasteiger partial charge in [0.05, 0.1) is 18.1 Å². The molecular weight excluding hydrogens is 314 g/mol. The fourth-order valence-electron chi connectivity index (χ4n) is 2.48. The molecule has 0 radical (unpaired) electrons. The first-order valence-corrected chi connectivity index (χ1v) is 7.78. The molecule has 0 atom stereocenters. The molecule has 0 unspecified atom stereocenters. The molecule has 0 bridgehead atoms. The maximum absolute atomic E-state index is 5.69. The van der Waals surface area contributed by atoms with Crippen LogP contribution in [0.1, 0.15) is 5.56 Å². The summed E-state index contributed by atoms with van der Waals surface area (Å²) in [6, 6.07) is 11.6. The van der Waals surface area contributed by atoms with Gasteiger partial charge in [0.1, 0.15) is 5.69 Å². The smallest absolute Gasteiger partial charge is 0.181 e. The Labute approximate surface area is 144 Å². The predicted molar refractivity (Wildman–Crippen MR) is 94.0 cm³/mol. The second kappa shape index (κ2) is 6.58. The van der Waals surface area contributed by atoms with Crippen molar-refractivity contribution in [3.05, 3.63) is 66.7 Å². The van der Waals surface area contributed by atoms with E-state index >= 15 is 0 Å². The van der Waals surface area contributed by atoms with E-state index in [9.17, 15) is 0 Å². The molecule has 0 spiro atoms. The third kappa shape index (κ3) is 3.13. The molecule has 0 saturated carbocycles. The van der Waals surface area contributed by atoms with E-state index in [1.54, 1.807) is 24.8 Å². The van der Waals surface area contributed by atoms with Crippen molar-refractivity contribution in [2.75, 3.05) is 0 Å². The molecule has 122 valence electrons. The molecule has 7 heteroatoms. The average Bonchev–Trinajstić information content (AvgIpc) is 3.19. The van der Waals surface area contributed by atoms with E-state index < -0.39 is 0 Å². The second-order valence-electron chi connectivity index (χ2n) is 5.44. The van der Waals surface area contributed by atoms with Gasteiger partial charge >= 0.3 is 0 Å². The average molecular weight is 329 g/mol. The number of pyridine rings is 1. The quantitative estimate of drug-likeness (QED) is 0.595. The lowest BCUT2D eigenvalue weighted by atomic mass is 10.1. The first-order valence-electron chi connectivity index (χ1n) is 7.78. The largest absolute Gasteiger partial charge is 0.326 e. The summed E-state index contributed by atoms with van der Waals surface area (Å²) in [4.78, 5) is 17.5. The van der Waals surface area contributed by atoms with Crippen molar-refractivity contribution < 1.29 is 0 Å². The summed E-state index contributed by atoms with van der Waals surface area (Å²) in [5, 5.41) is 7.21. The summed E-state index contributed by atoms with van der Waals surface area (Å²) < 4.78 is 0. The predicted octanol–water partition coefficient (Wildman–Crippen LogP) is 2.45. The van der Waals surface area contributed by atoms with Crippen LogP contribution in [0.25, 0.3) is 34.2 Å². The maximum Gasteiger partial charge on any atom is 0.181 e. The van der Waals surface area contributed by atoms with Gasteiger partial charge in [0.2, 0.25) is 0 Å². The second-order valence-corrected chi connectivity index (χ2v) is 5.44. The van der Waals surface area contributed by atoms with E-state index in [1.807, 2.05) is 36.4 Å². The van der Waals surface area contributed by atoms with E-state index in [4.69, 9.17) is 5.73 Å². The van der Waals surface area contributed by atoms with Crippen molar-refractivity contribution in [2.24, 2.45) is 5.73 Å². The van der Waals surface area contributed by atoms with Crippen LogP contribution < -0.4 is 5.73 Å². The molecule has 4 rings (SSSR count). The molecule has 3 aromatic heterocycles. The summed E-state index contributed by atoms with van der Waals surface area (Å²) in [6.45, 7) is 0.476. The minimum Gasteiger partial charge on any atom is -0.326 e. The molecule has 3 N–H and O–H groups in total. The van der Waals surface area contributed by atoms with Crippen LogP contribution in [0.2, 0.25) is 0 Å². The highest BCUT2D eigenvalue weighted by atomic mass is 15.2. The van der Waals surface area contributed by atoms with Crippen molar-refractivity contribution in [2.45, 2.75) is 6.54 Å². The fourth-order valence-corrected chi connectivity index (χ4v) is 2.48. The number of nitrogens with two attached hydrogens (primary N) is 1. The van der Waals surface area contributed by atoms with Crippen LogP contribution in [0.4, 0.5) is 0 Å². The van der Waals surface area contributed by atoms with Crippen molar-refractivity contribution >= 4 is 0 Å². The van der Waals surface area contributed by atoms with Gasteiger partial charge in [0, 0.05) is 30.1 Å². The maximum atomic E-state index is 5.69. The van der Waals surface area contributed by atoms with Gasteiger partial charge in [0.15, 0.2) is 11.6 Å². The van der Waals surface area contributed by atoms with E-state index in [0.717, 1.165) is 22.4 Å². The fraction of sp³-hybridized carbons (Fsp3) is 0.0556. The topological polar surface area (TPSA) is 106 Å². The van der Waals surface area contributed by atoms with Crippen LogP contribution >= 0.6 is 0 Å². The number of hydrogen-bond acceptors (Lipinski definition) is 6. The SMILES string of the molecule is NCc1cccc(-c2n[nH]c(-c3cncc(-c4cccnc4)n3)n2)c1. The van der Waals surface area contributed by atoms with Gasteiger partial charge in [0.25, 0.3) is 0 Å². The summed E-state index contributed by atoms with van der Waals surface area (Å²) in [7, 11) is 0.